The molecular weight excluding hydrogens is 202 g/mol. The molecule has 0 atom stereocenters. The Kier molecular flexibility index (Phi) is 2.76. The molecule has 2 aromatic rings. The summed E-state index contributed by atoms with van der Waals surface area (Å²) in [6, 6.07) is 3.64. The second kappa shape index (κ2) is 4.22. The predicted octanol–water partition coefficient (Wildman–Crippen LogP) is 1.32. The van der Waals surface area contributed by atoms with Crippen molar-refractivity contribution in [3.8, 4) is 0 Å². The summed E-state index contributed by atoms with van der Waals surface area (Å²) in [7, 11) is 1.92. The van der Waals surface area contributed by atoms with Gasteiger partial charge in [-0.05, 0) is 19.1 Å². The molecule has 0 aliphatic heterocycles. The van der Waals surface area contributed by atoms with Crippen LogP contribution in [0.3, 0.4) is 0 Å². The third-order valence-corrected chi connectivity index (χ3v) is 2.62. The highest BCUT2D eigenvalue weighted by Crippen LogP contribution is 2.15. The van der Waals surface area contributed by atoms with Gasteiger partial charge in [0.25, 0.3) is 0 Å². The number of nitrogens with one attached hydrogen (secondary N) is 1. The summed E-state index contributed by atoms with van der Waals surface area (Å²) in [5.41, 5.74) is 8.73. The summed E-state index contributed by atoms with van der Waals surface area (Å²) < 4.78 is 1.85. The summed E-state index contributed by atoms with van der Waals surface area (Å²) >= 11 is 0. The quantitative estimate of drug-likeness (QED) is 0.813. The van der Waals surface area contributed by atoms with Crippen LogP contribution in [-0.2, 0) is 13.6 Å². The predicted molar refractivity (Wildman–Crippen MR) is 63.9 cm³/mol. The molecule has 0 aliphatic carbocycles. The Morgan fingerprint density at radius 2 is 2.31 bits per heavy atom. The highest BCUT2D eigenvalue weighted by Gasteiger charge is 2.04. The van der Waals surface area contributed by atoms with Gasteiger partial charge in [0.2, 0.25) is 0 Å². The van der Waals surface area contributed by atoms with Crippen LogP contribution >= 0.6 is 0 Å². The van der Waals surface area contributed by atoms with E-state index in [1.165, 1.54) is 0 Å². The molecule has 2 rings (SSSR count). The molecule has 0 spiro atoms. The van der Waals surface area contributed by atoms with Gasteiger partial charge in [-0.3, -0.25) is 4.68 Å². The topological polar surface area (TPSA) is 68.8 Å². The van der Waals surface area contributed by atoms with Gasteiger partial charge in [-0.2, -0.15) is 5.10 Å². The first-order chi connectivity index (χ1) is 7.68. The molecular formula is C11H15N5. The Balaban J connectivity index is 2.08. The largest absolute Gasteiger partial charge is 0.396 e. The molecule has 5 heteroatoms. The van der Waals surface area contributed by atoms with Crippen LogP contribution in [0.25, 0.3) is 0 Å². The number of nitrogens with zero attached hydrogens (tertiary/aromatic N) is 3. The summed E-state index contributed by atoms with van der Waals surface area (Å²) in [5.74, 6) is 0.714. The van der Waals surface area contributed by atoms with Crippen molar-refractivity contribution in [3.05, 3.63) is 35.8 Å². The van der Waals surface area contributed by atoms with Crippen LogP contribution in [0.4, 0.5) is 11.5 Å². The molecule has 0 radical (unpaired) electrons. The lowest BCUT2D eigenvalue weighted by Crippen LogP contribution is -2.05. The zero-order chi connectivity index (χ0) is 11.5. The first-order valence-corrected chi connectivity index (χ1v) is 5.10. The Bertz CT molecular complexity index is 489. The van der Waals surface area contributed by atoms with Gasteiger partial charge < -0.3 is 11.1 Å². The standard InChI is InChI=1S/C11H15N5/c1-8-9(7-15-16(8)2)6-14-11-10(12)4-3-5-13-11/h3-5,7H,6,12H2,1-2H3,(H,13,14). The van der Waals surface area contributed by atoms with Crippen molar-refractivity contribution in [2.75, 3.05) is 11.1 Å². The van der Waals surface area contributed by atoms with Crippen molar-refractivity contribution in [1.29, 1.82) is 0 Å². The van der Waals surface area contributed by atoms with Gasteiger partial charge in [0.15, 0.2) is 0 Å². The lowest BCUT2D eigenvalue weighted by Gasteiger charge is -2.07. The molecule has 0 aliphatic rings. The SMILES string of the molecule is Cc1c(CNc2ncccc2N)cnn1C. The highest BCUT2D eigenvalue weighted by molar-refractivity contribution is 5.60. The van der Waals surface area contributed by atoms with Crippen LogP contribution in [0.1, 0.15) is 11.3 Å². The summed E-state index contributed by atoms with van der Waals surface area (Å²) in [6.45, 7) is 2.71. The molecule has 3 N–H and O–H groups in total. The Hall–Kier alpha value is -2.04. The van der Waals surface area contributed by atoms with Crippen molar-refractivity contribution >= 4 is 11.5 Å². The monoisotopic (exact) mass is 217 g/mol. The summed E-state index contributed by atoms with van der Waals surface area (Å²) in [6.07, 6.45) is 3.57. The van der Waals surface area contributed by atoms with Crippen LogP contribution in [0.15, 0.2) is 24.5 Å². The van der Waals surface area contributed by atoms with Crippen LogP contribution in [0.5, 0.6) is 0 Å². The minimum Gasteiger partial charge on any atom is -0.396 e. The van der Waals surface area contributed by atoms with Crippen molar-refractivity contribution in [2.45, 2.75) is 13.5 Å². The van der Waals surface area contributed by atoms with E-state index in [1.54, 1.807) is 6.20 Å². The first kappa shape index (κ1) is 10.5. The maximum atomic E-state index is 5.78. The molecule has 0 saturated heterocycles. The Morgan fingerprint density at radius 3 is 2.94 bits per heavy atom. The molecule has 0 bridgehead atoms. The van der Waals surface area contributed by atoms with Crippen molar-refractivity contribution in [1.82, 2.24) is 14.8 Å². The van der Waals surface area contributed by atoms with E-state index < -0.39 is 0 Å². The zero-order valence-electron chi connectivity index (χ0n) is 9.44. The molecule has 0 aromatic carbocycles. The smallest absolute Gasteiger partial charge is 0.149 e. The number of hydrogen-bond donors (Lipinski definition) is 2. The molecule has 84 valence electrons. The van der Waals surface area contributed by atoms with E-state index >= 15 is 0 Å². The normalized spacial score (nSPS) is 10.4. The fraction of sp³-hybridized carbons (Fsp3) is 0.273. The van der Waals surface area contributed by atoms with E-state index in [4.69, 9.17) is 5.73 Å². The number of nitrogens with two attached hydrogens (primary N) is 1. The molecule has 5 nitrogen and oxygen atoms in total. The molecule has 0 unspecified atom stereocenters. The summed E-state index contributed by atoms with van der Waals surface area (Å²) in [5, 5.41) is 7.37. The maximum Gasteiger partial charge on any atom is 0.149 e. The van der Waals surface area contributed by atoms with E-state index in [9.17, 15) is 0 Å². The maximum absolute atomic E-state index is 5.78. The van der Waals surface area contributed by atoms with E-state index in [0.717, 1.165) is 11.3 Å². The van der Waals surface area contributed by atoms with Gasteiger partial charge in [-0.1, -0.05) is 0 Å². The lowest BCUT2D eigenvalue weighted by atomic mass is 10.2. The van der Waals surface area contributed by atoms with Crippen LogP contribution < -0.4 is 11.1 Å². The number of aromatic nitrogens is 3. The zero-order valence-corrected chi connectivity index (χ0v) is 9.44. The minimum atomic E-state index is 0.657. The molecule has 2 heterocycles. The third-order valence-electron chi connectivity index (χ3n) is 2.62. The van der Waals surface area contributed by atoms with Crippen molar-refractivity contribution in [3.63, 3.8) is 0 Å². The number of hydrogen-bond acceptors (Lipinski definition) is 4. The second-order valence-corrected chi connectivity index (χ2v) is 3.67. The second-order valence-electron chi connectivity index (χ2n) is 3.67. The average Bonchev–Trinajstić information content (AvgIpc) is 2.59. The van der Waals surface area contributed by atoms with Gasteiger partial charge in [0, 0.05) is 31.0 Å². The Morgan fingerprint density at radius 1 is 1.50 bits per heavy atom. The number of anilines is 2. The minimum absolute atomic E-state index is 0.657. The Labute approximate surface area is 94.3 Å². The van der Waals surface area contributed by atoms with E-state index in [1.807, 2.05) is 37.0 Å². The fourth-order valence-corrected chi connectivity index (χ4v) is 1.46. The number of rotatable bonds is 3. The lowest BCUT2D eigenvalue weighted by molar-refractivity contribution is 0.738. The number of pyridine rings is 1. The highest BCUT2D eigenvalue weighted by atomic mass is 15.3. The first-order valence-electron chi connectivity index (χ1n) is 5.10. The molecule has 0 amide bonds. The molecule has 0 fully saturated rings. The van der Waals surface area contributed by atoms with Gasteiger partial charge in [0.1, 0.15) is 5.82 Å². The van der Waals surface area contributed by atoms with E-state index in [-0.39, 0.29) is 0 Å². The van der Waals surface area contributed by atoms with E-state index in [2.05, 4.69) is 15.4 Å². The fourth-order valence-electron chi connectivity index (χ4n) is 1.46. The molecule has 0 saturated carbocycles. The van der Waals surface area contributed by atoms with Crippen LogP contribution in [0, 0.1) is 6.92 Å². The molecule has 2 aromatic heterocycles. The van der Waals surface area contributed by atoms with Crippen molar-refractivity contribution in [2.24, 2.45) is 7.05 Å². The number of nitrogen functional groups attached to an aromatic ring is 1. The summed E-state index contributed by atoms with van der Waals surface area (Å²) in [4.78, 5) is 4.17. The van der Waals surface area contributed by atoms with Gasteiger partial charge in [0.05, 0.1) is 11.9 Å². The van der Waals surface area contributed by atoms with Crippen LogP contribution in [0.2, 0.25) is 0 Å². The molecule has 16 heavy (non-hydrogen) atoms. The van der Waals surface area contributed by atoms with Gasteiger partial charge in [-0.15, -0.1) is 0 Å². The van der Waals surface area contributed by atoms with E-state index in [0.29, 0.717) is 18.1 Å². The average molecular weight is 217 g/mol. The van der Waals surface area contributed by atoms with Crippen molar-refractivity contribution < 1.29 is 0 Å². The van der Waals surface area contributed by atoms with Crippen LogP contribution in [-0.4, -0.2) is 14.8 Å². The number of aryl methyl sites for hydroxylation is 1. The van der Waals surface area contributed by atoms with Gasteiger partial charge >= 0.3 is 0 Å². The third kappa shape index (κ3) is 1.98. The van der Waals surface area contributed by atoms with Gasteiger partial charge in [-0.25, -0.2) is 4.98 Å².